The zero-order valence-corrected chi connectivity index (χ0v) is 19.2. The second kappa shape index (κ2) is 9.86. The molecule has 10 heteroatoms. The number of anilines is 1. The van der Waals surface area contributed by atoms with Crippen molar-refractivity contribution in [2.75, 3.05) is 44.3 Å². The lowest BCUT2D eigenvalue weighted by Crippen LogP contribution is -2.42. The molecule has 5 rings (SSSR count). The summed E-state index contributed by atoms with van der Waals surface area (Å²) in [5, 5.41) is 0.465. The number of nitrogens with zero attached hydrogens (tertiary/aromatic N) is 4. The summed E-state index contributed by atoms with van der Waals surface area (Å²) >= 11 is 1.11. The van der Waals surface area contributed by atoms with Gasteiger partial charge in [0.05, 0.1) is 18.8 Å². The highest BCUT2D eigenvalue weighted by Crippen LogP contribution is 2.32. The molecule has 3 heterocycles. The molecule has 34 heavy (non-hydrogen) atoms. The molecule has 2 saturated heterocycles. The van der Waals surface area contributed by atoms with E-state index in [0.29, 0.717) is 49.0 Å². The third-order valence-electron chi connectivity index (χ3n) is 5.93. The Morgan fingerprint density at radius 1 is 1.06 bits per heavy atom. The first kappa shape index (κ1) is 22.4. The number of ether oxygens (including phenoxy) is 2. The normalized spacial score (nSPS) is 16.0. The average molecular weight is 483 g/mol. The van der Waals surface area contributed by atoms with Gasteiger partial charge in [0.1, 0.15) is 5.01 Å². The van der Waals surface area contributed by atoms with E-state index in [2.05, 4.69) is 26.4 Å². The number of hydrogen-bond acceptors (Lipinski definition) is 8. The van der Waals surface area contributed by atoms with Crippen molar-refractivity contribution in [2.24, 2.45) is 0 Å². The molecule has 0 radical (unpaired) electrons. The van der Waals surface area contributed by atoms with Crippen LogP contribution in [0.25, 0.3) is 22.0 Å². The van der Waals surface area contributed by atoms with Gasteiger partial charge in [-0.15, -0.1) is 0 Å². The zero-order chi connectivity index (χ0) is 23.5. The van der Waals surface area contributed by atoms with Crippen molar-refractivity contribution in [3.05, 3.63) is 47.8 Å². The number of hydrogen-bond donors (Lipinski definition) is 0. The summed E-state index contributed by atoms with van der Waals surface area (Å²) < 4.78 is 29.7. The number of aromatic nitrogens is 2. The first-order chi connectivity index (χ1) is 16.6. The quantitative estimate of drug-likeness (QED) is 0.503. The predicted octanol–water partition coefficient (Wildman–Crippen LogP) is 4.25. The molecular weight excluding hydrogens is 459 g/mol. The van der Waals surface area contributed by atoms with E-state index in [1.54, 1.807) is 0 Å². The smallest absolute Gasteiger partial charge is 0.406 e. The summed E-state index contributed by atoms with van der Waals surface area (Å²) in [5.41, 5.74) is 2.36. The molecular formula is C24H23FN4O4S. The monoisotopic (exact) mass is 482 g/mol. The molecule has 0 atom stereocenters. The van der Waals surface area contributed by atoms with E-state index < -0.39 is 17.7 Å². The molecule has 1 amide bonds. The SMILES string of the molecule is O=Cc1cc(-c2nc(-c3ccc(N4CCCC4)cc3)ns2)cc(F)c1OC(=O)N1CCOCC1. The second-order valence-electron chi connectivity index (χ2n) is 8.13. The maximum absolute atomic E-state index is 14.9. The number of carbonyl (C=O) groups excluding carboxylic acids is 2. The summed E-state index contributed by atoms with van der Waals surface area (Å²) in [5.74, 6) is -0.672. The van der Waals surface area contributed by atoms with E-state index in [-0.39, 0.29) is 5.56 Å². The highest BCUT2D eigenvalue weighted by Gasteiger charge is 2.23. The lowest BCUT2D eigenvalue weighted by atomic mass is 10.1. The first-order valence-electron chi connectivity index (χ1n) is 11.1. The minimum absolute atomic E-state index is 0.0664. The lowest BCUT2D eigenvalue weighted by Gasteiger charge is -2.26. The fourth-order valence-corrected chi connectivity index (χ4v) is 4.76. The summed E-state index contributed by atoms with van der Waals surface area (Å²) in [6.45, 7) is 3.61. The highest BCUT2D eigenvalue weighted by atomic mass is 32.1. The molecule has 2 aromatic carbocycles. The molecule has 0 aliphatic carbocycles. The molecule has 2 fully saturated rings. The Hall–Kier alpha value is -3.37. The minimum Gasteiger partial charge on any atom is -0.406 e. The van der Waals surface area contributed by atoms with E-state index >= 15 is 0 Å². The van der Waals surface area contributed by atoms with Gasteiger partial charge in [-0.25, -0.2) is 14.2 Å². The summed E-state index contributed by atoms with van der Waals surface area (Å²) in [4.78, 5) is 32.3. The number of rotatable bonds is 5. The van der Waals surface area contributed by atoms with Gasteiger partial charge in [-0.1, -0.05) is 0 Å². The predicted molar refractivity (Wildman–Crippen MR) is 126 cm³/mol. The van der Waals surface area contributed by atoms with Gasteiger partial charge in [0, 0.05) is 43.0 Å². The van der Waals surface area contributed by atoms with Gasteiger partial charge in [-0.3, -0.25) is 4.79 Å². The van der Waals surface area contributed by atoms with Crippen LogP contribution in [-0.4, -0.2) is 66.0 Å². The number of aldehydes is 1. The van der Waals surface area contributed by atoms with Crippen molar-refractivity contribution in [1.82, 2.24) is 14.3 Å². The molecule has 0 spiro atoms. The van der Waals surface area contributed by atoms with Gasteiger partial charge in [0.2, 0.25) is 0 Å². The molecule has 2 aliphatic rings. The number of morpholine rings is 1. The Kier molecular flexibility index (Phi) is 6.50. The number of benzene rings is 2. The van der Waals surface area contributed by atoms with Crippen molar-refractivity contribution in [2.45, 2.75) is 12.8 Å². The van der Waals surface area contributed by atoms with Crippen molar-refractivity contribution in [3.8, 4) is 27.7 Å². The molecule has 8 nitrogen and oxygen atoms in total. The van der Waals surface area contributed by atoms with Gasteiger partial charge in [0.15, 0.2) is 23.7 Å². The van der Waals surface area contributed by atoms with E-state index in [0.717, 1.165) is 30.2 Å². The van der Waals surface area contributed by atoms with Crippen molar-refractivity contribution in [1.29, 1.82) is 0 Å². The van der Waals surface area contributed by atoms with E-state index in [9.17, 15) is 14.0 Å². The standard InChI is InChI=1S/C24H23FN4O4S/c25-20-14-17(13-18(15-30)21(20)33-24(31)29-9-11-32-12-10-29)23-26-22(27-34-23)16-3-5-19(6-4-16)28-7-1-2-8-28/h3-6,13-15H,1-2,7-12H2. The molecule has 2 aliphatic heterocycles. The highest BCUT2D eigenvalue weighted by molar-refractivity contribution is 7.09. The van der Waals surface area contributed by atoms with Gasteiger partial charge in [-0.2, -0.15) is 4.37 Å². The molecule has 0 saturated carbocycles. The zero-order valence-electron chi connectivity index (χ0n) is 18.4. The Labute approximate surface area is 200 Å². The third kappa shape index (κ3) is 4.64. The second-order valence-corrected chi connectivity index (χ2v) is 8.88. The fraction of sp³-hybridized carbons (Fsp3) is 0.333. The average Bonchev–Trinajstić information content (AvgIpc) is 3.59. The fourth-order valence-electron chi connectivity index (χ4n) is 4.09. The van der Waals surface area contributed by atoms with E-state index in [1.807, 2.05) is 12.1 Å². The minimum atomic E-state index is -0.812. The van der Waals surface area contributed by atoms with Crippen LogP contribution in [-0.2, 0) is 4.74 Å². The maximum Gasteiger partial charge on any atom is 0.415 e. The topological polar surface area (TPSA) is 84.9 Å². The summed E-state index contributed by atoms with van der Waals surface area (Å²) in [7, 11) is 0. The summed E-state index contributed by atoms with van der Waals surface area (Å²) in [6.07, 6.45) is 2.17. The molecule has 1 aromatic heterocycles. The van der Waals surface area contributed by atoms with Crippen LogP contribution in [0.3, 0.4) is 0 Å². The van der Waals surface area contributed by atoms with E-state index in [1.165, 1.54) is 35.6 Å². The molecule has 0 N–H and O–H groups in total. The number of amides is 1. The van der Waals surface area contributed by atoms with Crippen LogP contribution in [0, 0.1) is 5.82 Å². The van der Waals surface area contributed by atoms with Gasteiger partial charge < -0.3 is 19.3 Å². The molecule has 0 bridgehead atoms. The molecule has 0 unspecified atom stereocenters. The van der Waals surface area contributed by atoms with Gasteiger partial charge >= 0.3 is 6.09 Å². The summed E-state index contributed by atoms with van der Waals surface area (Å²) in [6, 6.07) is 10.7. The van der Waals surface area contributed by atoms with Crippen LogP contribution in [0.5, 0.6) is 5.75 Å². The maximum atomic E-state index is 14.9. The van der Waals surface area contributed by atoms with Crippen LogP contribution in [0.4, 0.5) is 14.9 Å². The van der Waals surface area contributed by atoms with E-state index in [4.69, 9.17) is 9.47 Å². The van der Waals surface area contributed by atoms with Crippen LogP contribution in [0.2, 0.25) is 0 Å². The van der Waals surface area contributed by atoms with Crippen LogP contribution in [0.15, 0.2) is 36.4 Å². The Morgan fingerprint density at radius 3 is 2.50 bits per heavy atom. The lowest BCUT2D eigenvalue weighted by molar-refractivity contribution is 0.0412. The number of carbonyl (C=O) groups is 2. The third-order valence-corrected chi connectivity index (χ3v) is 6.69. The largest absolute Gasteiger partial charge is 0.415 e. The van der Waals surface area contributed by atoms with Crippen molar-refractivity contribution in [3.63, 3.8) is 0 Å². The van der Waals surface area contributed by atoms with Crippen molar-refractivity contribution >= 4 is 29.6 Å². The number of halogens is 1. The van der Waals surface area contributed by atoms with Crippen molar-refractivity contribution < 1.29 is 23.5 Å². The van der Waals surface area contributed by atoms with Gasteiger partial charge in [0.25, 0.3) is 0 Å². The van der Waals surface area contributed by atoms with Crippen LogP contribution in [0.1, 0.15) is 23.2 Å². The first-order valence-corrected chi connectivity index (χ1v) is 11.9. The van der Waals surface area contributed by atoms with Gasteiger partial charge in [-0.05, 0) is 60.8 Å². The Balaban J connectivity index is 1.35. The van der Waals surface area contributed by atoms with Crippen LogP contribution < -0.4 is 9.64 Å². The molecule has 3 aromatic rings. The molecule has 176 valence electrons. The Bertz CT molecular complexity index is 1190. The van der Waals surface area contributed by atoms with Crippen LogP contribution >= 0.6 is 11.5 Å². The Morgan fingerprint density at radius 2 is 1.79 bits per heavy atom.